The topological polar surface area (TPSA) is 32.9 Å². The van der Waals surface area contributed by atoms with Gasteiger partial charge < -0.3 is 4.98 Å². The molecule has 0 saturated carbocycles. The fourth-order valence-electron chi connectivity index (χ4n) is 1.34. The maximum absolute atomic E-state index is 11.1. The van der Waals surface area contributed by atoms with E-state index in [1.165, 1.54) is 0 Å². The summed E-state index contributed by atoms with van der Waals surface area (Å²) in [6, 6.07) is 11.1. The van der Waals surface area contributed by atoms with Crippen LogP contribution in [0.25, 0.3) is 0 Å². The molecule has 0 spiro atoms. The number of Topliss-reactive ketones (excluding diaryl/α,β-unsaturated/α-hetero) is 1. The molecule has 1 aromatic carbocycles. The van der Waals surface area contributed by atoms with Crippen LogP contribution in [0.15, 0.2) is 42.6 Å². The van der Waals surface area contributed by atoms with Crippen molar-refractivity contribution in [3.63, 3.8) is 0 Å². The molecule has 0 aliphatic rings. The highest BCUT2D eigenvalue weighted by atomic mass is 16.1. The van der Waals surface area contributed by atoms with Crippen molar-refractivity contribution in [2.24, 2.45) is 0 Å². The van der Waals surface area contributed by atoms with E-state index in [1.54, 1.807) is 19.1 Å². The van der Waals surface area contributed by atoms with Crippen molar-refractivity contribution in [1.29, 1.82) is 0 Å². The standard InChI is InChI=1S/C14H11NO/c1-11(16)13-7-4-12(5-8-13)6-9-14-3-2-10-15-14/h2-5,7-8,10,15H,1H3. The molecule has 0 fully saturated rings. The van der Waals surface area contributed by atoms with Gasteiger partial charge in [0, 0.05) is 17.3 Å². The molecule has 0 bridgehead atoms. The van der Waals surface area contributed by atoms with Gasteiger partial charge in [0.05, 0.1) is 5.69 Å². The highest BCUT2D eigenvalue weighted by molar-refractivity contribution is 5.94. The fraction of sp³-hybridized carbons (Fsp3) is 0.0714. The van der Waals surface area contributed by atoms with Crippen molar-refractivity contribution >= 4 is 5.78 Å². The number of aromatic nitrogens is 1. The van der Waals surface area contributed by atoms with Crippen molar-refractivity contribution in [3.05, 3.63) is 59.4 Å². The maximum Gasteiger partial charge on any atom is 0.159 e. The van der Waals surface area contributed by atoms with Gasteiger partial charge >= 0.3 is 0 Å². The Hall–Kier alpha value is -2.27. The number of aromatic amines is 1. The van der Waals surface area contributed by atoms with Crippen molar-refractivity contribution in [1.82, 2.24) is 4.98 Å². The van der Waals surface area contributed by atoms with Gasteiger partial charge in [0.25, 0.3) is 0 Å². The lowest BCUT2D eigenvalue weighted by Crippen LogP contribution is -1.90. The zero-order valence-corrected chi connectivity index (χ0v) is 8.95. The summed E-state index contributed by atoms with van der Waals surface area (Å²) in [4.78, 5) is 14.1. The molecule has 2 heteroatoms. The Morgan fingerprint density at radius 1 is 1.12 bits per heavy atom. The molecule has 1 aromatic heterocycles. The molecule has 0 aliphatic carbocycles. The van der Waals surface area contributed by atoms with E-state index in [9.17, 15) is 4.79 Å². The largest absolute Gasteiger partial charge is 0.355 e. The summed E-state index contributed by atoms with van der Waals surface area (Å²) in [7, 11) is 0. The van der Waals surface area contributed by atoms with Crippen LogP contribution < -0.4 is 0 Å². The zero-order valence-electron chi connectivity index (χ0n) is 8.95. The molecular formula is C14H11NO. The summed E-state index contributed by atoms with van der Waals surface area (Å²) in [5, 5.41) is 0. The molecule has 1 heterocycles. The number of carbonyl (C=O) groups excluding carboxylic acids is 1. The van der Waals surface area contributed by atoms with E-state index in [-0.39, 0.29) is 5.78 Å². The first-order valence-electron chi connectivity index (χ1n) is 5.02. The number of ketones is 1. The Kier molecular flexibility index (Phi) is 2.88. The Morgan fingerprint density at radius 3 is 2.44 bits per heavy atom. The van der Waals surface area contributed by atoms with Gasteiger partial charge in [-0.2, -0.15) is 0 Å². The second-order valence-electron chi connectivity index (χ2n) is 3.47. The van der Waals surface area contributed by atoms with Gasteiger partial charge in [-0.05, 0) is 37.1 Å². The molecule has 0 saturated heterocycles. The molecule has 2 nitrogen and oxygen atoms in total. The predicted molar refractivity (Wildman–Crippen MR) is 63.2 cm³/mol. The van der Waals surface area contributed by atoms with Gasteiger partial charge in [-0.1, -0.05) is 18.1 Å². The zero-order chi connectivity index (χ0) is 11.4. The lowest BCUT2D eigenvalue weighted by molar-refractivity contribution is 0.101. The number of hydrogen-bond acceptors (Lipinski definition) is 1. The van der Waals surface area contributed by atoms with E-state index in [1.807, 2.05) is 30.5 Å². The van der Waals surface area contributed by atoms with Crippen molar-refractivity contribution in [2.75, 3.05) is 0 Å². The predicted octanol–water partition coefficient (Wildman–Crippen LogP) is 2.62. The Bertz CT molecular complexity index is 539. The van der Waals surface area contributed by atoms with Gasteiger partial charge in [0.2, 0.25) is 0 Å². The second kappa shape index (κ2) is 4.50. The summed E-state index contributed by atoms with van der Waals surface area (Å²) in [5.41, 5.74) is 2.50. The van der Waals surface area contributed by atoms with Crippen LogP contribution in [0.1, 0.15) is 28.5 Å². The van der Waals surface area contributed by atoms with E-state index < -0.39 is 0 Å². The molecule has 0 aliphatic heterocycles. The van der Waals surface area contributed by atoms with Crippen molar-refractivity contribution in [2.45, 2.75) is 6.92 Å². The molecule has 1 N–H and O–H groups in total. The minimum absolute atomic E-state index is 0.0730. The highest BCUT2D eigenvalue weighted by Crippen LogP contribution is 2.04. The number of H-pyrrole nitrogens is 1. The smallest absolute Gasteiger partial charge is 0.159 e. The first-order chi connectivity index (χ1) is 7.75. The fourth-order valence-corrected chi connectivity index (χ4v) is 1.34. The maximum atomic E-state index is 11.1. The Morgan fingerprint density at radius 2 is 1.88 bits per heavy atom. The first-order valence-corrected chi connectivity index (χ1v) is 5.02. The molecule has 78 valence electrons. The van der Waals surface area contributed by atoms with Crippen LogP contribution >= 0.6 is 0 Å². The molecule has 0 unspecified atom stereocenters. The van der Waals surface area contributed by atoms with Crippen LogP contribution in [0.3, 0.4) is 0 Å². The molecule has 2 aromatic rings. The minimum Gasteiger partial charge on any atom is -0.355 e. The summed E-state index contributed by atoms with van der Waals surface area (Å²) in [5.74, 6) is 6.09. The quantitative estimate of drug-likeness (QED) is 0.568. The Labute approximate surface area is 94.3 Å². The monoisotopic (exact) mass is 209 g/mol. The molecule has 16 heavy (non-hydrogen) atoms. The van der Waals surface area contributed by atoms with E-state index in [4.69, 9.17) is 0 Å². The average molecular weight is 209 g/mol. The third-order valence-electron chi connectivity index (χ3n) is 2.23. The van der Waals surface area contributed by atoms with Crippen LogP contribution in [0.5, 0.6) is 0 Å². The minimum atomic E-state index is 0.0730. The average Bonchev–Trinajstić information content (AvgIpc) is 2.80. The summed E-state index contributed by atoms with van der Waals surface area (Å²) < 4.78 is 0. The van der Waals surface area contributed by atoms with Crippen molar-refractivity contribution < 1.29 is 4.79 Å². The molecular weight excluding hydrogens is 198 g/mol. The summed E-state index contributed by atoms with van der Waals surface area (Å²) >= 11 is 0. The lowest BCUT2D eigenvalue weighted by Gasteiger charge is -1.94. The third-order valence-corrected chi connectivity index (χ3v) is 2.23. The normalized spacial score (nSPS) is 9.31. The van der Waals surface area contributed by atoms with Gasteiger partial charge in [-0.15, -0.1) is 0 Å². The molecule has 0 amide bonds. The number of benzene rings is 1. The van der Waals surface area contributed by atoms with Gasteiger partial charge in [0.15, 0.2) is 5.78 Å². The Balaban J connectivity index is 2.20. The van der Waals surface area contributed by atoms with Crippen LogP contribution in [-0.4, -0.2) is 10.8 Å². The van der Waals surface area contributed by atoms with Crippen LogP contribution in [0.2, 0.25) is 0 Å². The second-order valence-corrected chi connectivity index (χ2v) is 3.47. The number of nitrogens with one attached hydrogen (secondary N) is 1. The van der Waals surface area contributed by atoms with E-state index in [2.05, 4.69) is 16.8 Å². The van der Waals surface area contributed by atoms with Gasteiger partial charge in [0.1, 0.15) is 0 Å². The summed E-state index contributed by atoms with van der Waals surface area (Å²) in [6.45, 7) is 1.56. The van der Waals surface area contributed by atoms with E-state index >= 15 is 0 Å². The lowest BCUT2D eigenvalue weighted by atomic mass is 10.1. The summed E-state index contributed by atoms with van der Waals surface area (Å²) in [6.07, 6.45) is 1.84. The number of carbonyl (C=O) groups is 1. The number of rotatable bonds is 1. The van der Waals surface area contributed by atoms with Crippen LogP contribution in [0, 0.1) is 11.8 Å². The first kappa shape index (κ1) is 10.3. The molecule has 0 radical (unpaired) electrons. The van der Waals surface area contributed by atoms with E-state index in [0.29, 0.717) is 5.56 Å². The van der Waals surface area contributed by atoms with Crippen LogP contribution in [0.4, 0.5) is 0 Å². The molecule has 2 rings (SSSR count). The molecule has 0 atom stereocenters. The van der Waals surface area contributed by atoms with Gasteiger partial charge in [-0.25, -0.2) is 0 Å². The highest BCUT2D eigenvalue weighted by Gasteiger charge is 1.96. The van der Waals surface area contributed by atoms with Gasteiger partial charge in [-0.3, -0.25) is 4.79 Å². The van der Waals surface area contributed by atoms with Crippen molar-refractivity contribution in [3.8, 4) is 11.8 Å². The van der Waals surface area contributed by atoms with Crippen LogP contribution in [-0.2, 0) is 0 Å². The third kappa shape index (κ3) is 2.40. The number of hydrogen-bond donors (Lipinski definition) is 1. The SMILES string of the molecule is CC(=O)c1ccc(C#Cc2ccc[nH]2)cc1. The van der Waals surface area contributed by atoms with E-state index in [0.717, 1.165) is 11.3 Å².